The average Bonchev–Trinajstić information content (AvgIpc) is 3.38. The highest BCUT2D eigenvalue weighted by atomic mass is 16.5. The summed E-state index contributed by atoms with van der Waals surface area (Å²) in [6.45, 7) is 5.56. The van der Waals surface area contributed by atoms with Crippen LogP contribution in [0.4, 0.5) is 0 Å². The van der Waals surface area contributed by atoms with Crippen molar-refractivity contribution in [1.29, 1.82) is 0 Å². The zero-order valence-corrected chi connectivity index (χ0v) is 47.5. The van der Waals surface area contributed by atoms with Crippen LogP contribution in [0, 0.1) is 0 Å². The second-order valence-electron chi connectivity index (χ2n) is 10.9. The van der Waals surface area contributed by atoms with E-state index >= 15 is 0 Å². The summed E-state index contributed by atoms with van der Waals surface area (Å²) < 4.78 is 62.6. The molecule has 0 fully saturated rings. The summed E-state index contributed by atoms with van der Waals surface area (Å²) in [6.07, 6.45) is 0. The predicted molar refractivity (Wildman–Crippen MR) is 278 cm³/mol. The topological polar surface area (TPSA) is 453 Å². The van der Waals surface area contributed by atoms with Crippen molar-refractivity contribution < 1.29 is 148 Å². The van der Waals surface area contributed by atoms with E-state index in [1.165, 1.54) is 0 Å². The molecule has 0 aromatic rings. The van der Waals surface area contributed by atoms with Crippen LogP contribution in [0.25, 0.3) is 0 Å². The Morgan fingerprint density at radius 3 is 0.203 bits per heavy atom. The molecule has 0 aliphatic heterocycles. The third kappa shape index (κ3) is 364. The number of methoxy groups -OCH3 is 6. The minimum atomic E-state index is 0.0278. The lowest BCUT2D eigenvalue weighted by Gasteiger charge is -1.94. The molecular formula is C44H116O30. The molecule has 0 spiro atoms. The summed E-state index contributed by atoms with van der Waals surface area (Å²) in [6, 6.07) is 0. The van der Waals surface area contributed by atoms with E-state index in [0.29, 0.717) is 106 Å². The van der Waals surface area contributed by atoms with E-state index in [0.717, 1.165) is 0 Å². The van der Waals surface area contributed by atoms with Crippen molar-refractivity contribution in [3.63, 3.8) is 0 Å². The van der Waals surface area contributed by atoms with E-state index in [4.69, 9.17) is 81.7 Å². The van der Waals surface area contributed by atoms with Gasteiger partial charge in [0.05, 0.1) is 211 Å². The molecule has 0 unspecified atom stereocenters. The SMILES string of the molecule is COC.COC.COC.COC.COC.COC.OCCOCCO.OCCOCCO.OCCOCCO.OCCOCCO.OCCOCCO.OCCOCCO.OCCOCCO.OCCOCCO. The van der Waals surface area contributed by atoms with Crippen LogP contribution < -0.4 is 0 Å². The van der Waals surface area contributed by atoms with Crippen LogP contribution in [0.5, 0.6) is 0 Å². The molecule has 16 N–H and O–H groups in total. The third-order valence-electron chi connectivity index (χ3n) is 3.77. The van der Waals surface area contributed by atoms with Crippen LogP contribution in [-0.2, 0) is 66.3 Å². The van der Waals surface area contributed by atoms with Gasteiger partial charge in [-0.25, -0.2) is 0 Å². The van der Waals surface area contributed by atoms with Crippen molar-refractivity contribution >= 4 is 0 Å². The number of aliphatic hydroxyl groups excluding tert-OH is 16. The van der Waals surface area contributed by atoms with Crippen molar-refractivity contribution in [2.45, 2.75) is 0 Å². The van der Waals surface area contributed by atoms with Crippen LogP contribution in [-0.4, -0.2) is 378 Å². The summed E-state index contributed by atoms with van der Waals surface area (Å²) in [5.41, 5.74) is 0. The smallest absolute Gasteiger partial charge is 0.0698 e. The highest BCUT2D eigenvalue weighted by Gasteiger charge is 1.84. The Balaban J connectivity index is -0.0000000443. The van der Waals surface area contributed by atoms with Gasteiger partial charge in [-0.2, -0.15) is 0 Å². The second-order valence-corrected chi connectivity index (χ2v) is 10.9. The first-order valence-corrected chi connectivity index (χ1v) is 22.6. The molecular weight excluding hydrogens is 1010 g/mol. The molecule has 472 valence electrons. The van der Waals surface area contributed by atoms with Crippen molar-refractivity contribution in [3.8, 4) is 0 Å². The summed E-state index contributed by atoms with van der Waals surface area (Å²) >= 11 is 0. The van der Waals surface area contributed by atoms with Crippen LogP contribution >= 0.6 is 0 Å². The number of hydrogen-bond acceptors (Lipinski definition) is 30. The van der Waals surface area contributed by atoms with Crippen LogP contribution in [0.1, 0.15) is 0 Å². The van der Waals surface area contributed by atoms with Gasteiger partial charge in [-0.15, -0.1) is 0 Å². The second kappa shape index (κ2) is 179. The molecule has 0 atom stereocenters. The van der Waals surface area contributed by atoms with E-state index < -0.39 is 0 Å². The van der Waals surface area contributed by atoms with Gasteiger partial charge in [0.25, 0.3) is 0 Å². The largest absolute Gasteiger partial charge is 0.394 e. The molecule has 0 aromatic heterocycles. The van der Waals surface area contributed by atoms with Gasteiger partial charge in [-0.1, -0.05) is 0 Å². The van der Waals surface area contributed by atoms with Crippen molar-refractivity contribution in [3.05, 3.63) is 0 Å². The average molecular weight is 1130 g/mol. The lowest BCUT2D eigenvalue weighted by molar-refractivity contribution is 0.0649. The highest BCUT2D eigenvalue weighted by Crippen LogP contribution is 1.72. The van der Waals surface area contributed by atoms with Gasteiger partial charge < -0.3 is 148 Å². The van der Waals surface area contributed by atoms with Crippen molar-refractivity contribution in [2.75, 3.05) is 297 Å². The number of ether oxygens (including phenoxy) is 14. The number of aliphatic hydroxyl groups is 16. The van der Waals surface area contributed by atoms with Gasteiger partial charge in [-0.05, 0) is 0 Å². The van der Waals surface area contributed by atoms with Crippen molar-refractivity contribution in [2.24, 2.45) is 0 Å². The highest BCUT2D eigenvalue weighted by molar-refractivity contribution is 4.28. The Morgan fingerprint density at radius 1 is 0.135 bits per heavy atom. The molecule has 0 saturated carbocycles. The van der Waals surface area contributed by atoms with E-state index in [9.17, 15) is 0 Å². The molecule has 0 aliphatic carbocycles. The van der Waals surface area contributed by atoms with Gasteiger partial charge in [0.1, 0.15) is 0 Å². The third-order valence-corrected chi connectivity index (χ3v) is 3.77. The zero-order chi connectivity index (χ0) is 60.5. The fourth-order valence-electron chi connectivity index (χ4n) is 1.85. The molecule has 0 bridgehead atoms. The number of rotatable bonds is 32. The summed E-state index contributed by atoms with van der Waals surface area (Å²) in [4.78, 5) is 0. The summed E-state index contributed by atoms with van der Waals surface area (Å²) in [7, 11) is 19.5. The predicted octanol–water partition coefficient (Wildman–Crippen LogP) is -6.52. The maximum Gasteiger partial charge on any atom is 0.0698 e. The summed E-state index contributed by atoms with van der Waals surface area (Å²) in [5.74, 6) is 0. The molecule has 0 radical (unpaired) electrons. The molecule has 30 nitrogen and oxygen atoms in total. The first-order valence-electron chi connectivity index (χ1n) is 22.6. The maximum absolute atomic E-state index is 8.09. The van der Waals surface area contributed by atoms with Gasteiger partial charge >= 0.3 is 0 Å². The summed E-state index contributed by atoms with van der Waals surface area (Å²) in [5, 5.41) is 129. The Morgan fingerprint density at radius 2 is 0.176 bits per heavy atom. The molecule has 0 heterocycles. The monoisotopic (exact) mass is 1120 g/mol. The van der Waals surface area contributed by atoms with Gasteiger partial charge in [0.2, 0.25) is 0 Å². The lowest BCUT2D eigenvalue weighted by Crippen LogP contribution is -2.03. The Bertz CT molecular complexity index is 413. The lowest BCUT2D eigenvalue weighted by atomic mass is 10.7. The molecule has 0 rings (SSSR count). The molecule has 0 aliphatic rings. The maximum atomic E-state index is 8.09. The molecule has 0 amide bonds. The van der Waals surface area contributed by atoms with Crippen LogP contribution in [0.3, 0.4) is 0 Å². The van der Waals surface area contributed by atoms with Crippen LogP contribution in [0.15, 0.2) is 0 Å². The zero-order valence-electron chi connectivity index (χ0n) is 47.5. The Labute approximate surface area is 444 Å². The van der Waals surface area contributed by atoms with E-state index in [1.807, 2.05) is 0 Å². The van der Waals surface area contributed by atoms with Gasteiger partial charge in [0.15, 0.2) is 0 Å². The standard InChI is InChI=1S/8C4H10O3.6C2H6O/c8*5-1-3-7-4-2-6;6*1-3-2/h8*5-6H,1-4H2;6*1-2H3. The first-order chi connectivity index (χ1) is 35.8. The van der Waals surface area contributed by atoms with Crippen LogP contribution in [0.2, 0.25) is 0 Å². The molecule has 74 heavy (non-hydrogen) atoms. The van der Waals surface area contributed by atoms with Gasteiger partial charge in [0, 0.05) is 85.3 Å². The van der Waals surface area contributed by atoms with E-state index in [2.05, 4.69) is 66.3 Å². The normalized spacial score (nSPS) is 8.59. The van der Waals surface area contributed by atoms with E-state index in [1.54, 1.807) is 85.3 Å². The quantitative estimate of drug-likeness (QED) is 0.0279. The van der Waals surface area contributed by atoms with Crippen molar-refractivity contribution in [1.82, 2.24) is 0 Å². The first kappa shape index (κ1) is 109. The van der Waals surface area contributed by atoms with E-state index in [-0.39, 0.29) is 106 Å². The Kier molecular flexibility index (Phi) is 263. The number of hydrogen-bond donors (Lipinski definition) is 16. The molecule has 30 heteroatoms. The fourth-order valence-corrected chi connectivity index (χ4v) is 1.85. The van der Waals surface area contributed by atoms with Gasteiger partial charge in [-0.3, -0.25) is 0 Å². The minimum Gasteiger partial charge on any atom is -0.394 e. The molecule has 0 aromatic carbocycles. The Hall–Kier alpha value is -1.20. The minimum absolute atomic E-state index is 0.0278. The molecule has 0 saturated heterocycles. The fraction of sp³-hybridized carbons (Fsp3) is 1.00.